The van der Waals surface area contributed by atoms with E-state index in [1.54, 1.807) is 0 Å². The molecule has 1 aromatic heterocycles. The average molecular weight is 937 g/mol. The van der Waals surface area contributed by atoms with Crippen LogP contribution in [0, 0.1) is 5.21 Å². The molecule has 0 saturated carbocycles. The van der Waals surface area contributed by atoms with Crippen molar-refractivity contribution in [3.05, 3.63) is 294 Å². The maximum absolute atomic E-state index is 16.1. The smallest absolute Gasteiger partial charge is 0.193 e. The Labute approximate surface area is 422 Å². The maximum Gasteiger partial charge on any atom is 0.193 e. The lowest BCUT2D eigenvalue weighted by Crippen LogP contribution is -2.29. The van der Waals surface area contributed by atoms with E-state index in [1.807, 2.05) is 152 Å². The number of carbonyl (C=O) groups excluding carboxylic acids is 2. The van der Waals surface area contributed by atoms with E-state index in [9.17, 15) is 9.59 Å². The molecule has 73 heavy (non-hydrogen) atoms. The molecule has 1 unspecified atom stereocenters. The van der Waals surface area contributed by atoms with Crippen LogP contribution in [0.1, 0.15) is 31.8 Å². The number of hydrogen-bond acceptors (Lipinski definition) is 3. The maximum atomic E-state index is 16.1. The van der Waals surface area contributed by atoms with Gasteiger partial charge in [0.1, 0.15) is 5.69 Å². The molecule has 0 bridgehead atoms. The largest absolute Gasteiger partial charge is 0.616 e. The molecule has 1 atom stereocenters. The summed E-state index contributed by atoms with van der Waals surface area (Å²) in [5, 5.41) is 18.2. The van der Waals surface area contributed by atoms with Crippen LogP contribution in [0.5, 0.6) is 0 Å². The van der Waals surface area contributed by atoms with Crippen molar-refractivity contribution in [2.75, 3.05) is 0 Å². The van der Waals surface area contributed by atoms with Gasteiger partial charge in [0.15, 0.2) is 22.9 Å². The zero-order valence-corrected chi connectivity index (χ0v) is 39.5. The third-order valence-electron chi connectivity index (χ3n) is 14.5. The van der Waals surface area contributed by atoms with E-state index in [-0.39, 0.29) is 11.6 Å². The Balaban J connectivity index is 0.825. The van der Waals surface area contributed by atoms with Gasteiger partial charge in [0, 0.05) is 63.0 Å². The molecule has 13 rings (SSSR count). The Hall–Kier alpha value is -9.52. The molecule has 0 aliphatic carbocycles. The van der Waals surface area contributed by atoms with E-state index in [0.29, 0.717) is 39.3 Å². The van der Waals surface area contributed by atoms with Gasteiger partial charge >= 0.3 is 0 Å². The molecule has 12 aromatic rings. The number of benzene rings is 11. The second kappa shape index (κ2) is 17.7. The fourth-order valence-electron chi connectivity index (χ4n) is 10.8. The average Bonchev–Trinajstić information content (AvgIpc) is 3.95. The van der Waals surface area contributed by atoms with Crippen LogP contribution in [0.15, 0.2) is 267 Å². The van der Waals surface area contributed by atoms with Crippen LogP contribution in [0.25, 0.3) is 83.1 Å². The zero-order chi connectivity index (χ0) is 49.0. The molecule has 1 aliphatic heterocycles. The molecule has 11 aromatic carbocycles. The summed E-state index contributed by atoms with van der Waals surface area (Å²) in [7, 11) is 0. The third-order valence-corrected chi connectivity index (χ3v) is 14.5. The number of ketones is 2. The minimum Gasteiger partial charge on any atom is -0.616 e. The standard InChI is InChI=1S/C68H44N2O3/c71-67(51-13-3-1-4-14-51)53-37-33-47(34-38-53)45-25-29-49(30-26-45)55-17-11-19-57(43-55)69-61-23-9-7-21-59(61)65-62(69)41-42-64-66(65)60-22-8-10-24-63(60)70(64,73)58-20-12-18-56(44-58)50-31-27-46(28-32-50)48-35-39-54(40-36-48)68(72)52-15-5-2-6-16-52/h1-44H. The predicted octanol–water partition coefficient (Wildman–Crippen LogP) is 17.4. The Bertz CT molecular complexity index is 4090. The fraction of sp³-hybridized carbons (Fsp3) is 0. The van der Waals surface area contributed by atoms with E-state index in [1.165, 1.54) is 0 Å². The molecule has 1 aliphatic rings. The monoisotopic (exact) mass is 936 g/mol. The number of quaternary nitrogens is 1. The quantitative estimate of drug-likeness (QED) is 0.0780. The van der Waals surface area contributed by atoms with Crippen LogP contribution in [0.3, 0.4) is 0 Å². The summed E-state index contributed by atoms with van der Waals surface area (Å²) in [4.78, 5) is 26.1. The summed E-state index contributed by atoms with van der Waals surface area (Å²) in [6.45, 7) is 0. The summed E-state index contributed by atoms with van der Waals surface area (Å²) in [5.41, 5.74) is 17.9. The molecular weight excluding hydrogens is 893 g/mol. The highest BCUT2D eigenvalue weighted by Gasteiger charge is 2.41. The SMILES string of the molecule is O=C(c1ccccc1)c1ccc(-c2ccc(-c3cccc(-n4c5ccccc5c5c6c(ccc54)[N+]([O-])(c4cccc(-c5ccc(-c7ccc(C(=O)c8ccccc8)cc7)cc5)c4)c4ccccc4-6)c3)cc2)cc1. The van der Waals surface area contributed by atoms with Gasteiger partial charge in [0.25, 0.3) is 0 Å². The number of nitrogens with zero attached hydrogens (tertiary/aromatic N) is 2. The van der Waals surface area contributed by atoms with Crippen LogP contribution in [-0.4, -0.2) is 16.1 Å². The molecule has 2 heterocycles. The number of para-hydroxylation sites is 2. The number of fused-ring (bicyclic) bond motifs is 7. The van der Waals surface area contributed by atoms with Gasteiger partial charge in [-0.05, 0) is 74.8 Å². The molecule has 344 valence electrons. The van der Waals surface area contributed by atoms with Crippen molar-refractivity contribution >= 4 is 50.4 Å². The molecule has 0 fully saturated rings. The summed E-state index contributed by atoms with van der Waals surface area (Å²) in [5.74, 6) is 0.0137. The van der Waals surface area contributed by atoms with E-state index >= 15 is 5.21 Å². The highest BCUT2D eigenvalue weighted by molar-refractivity contribution is 6.22. The zero-order valence-electron chi connectivity index (χ0n) is 39.5. The van der Waals surface area contributed by atoms with Crippen LogP contribution < -0.4 is 4.65 Å². The molecular formula is C68H44N2O3. The lowest BCUT2D eigenvalue weighted by Gasteiger charge is -2.38. The topological polar surface area (TPSA) is 62.1 Å². The first-order valence-electron chi connectivity index (χ1n) is 24.5. The van der Waals surface area contributed by atoms with Crippen LogP contribution in [0.4, 0.5) is 17.1 Å². The van der Waals surface area contributed by atoms with Gasteiger partial charge in [0.2, 0.25) is 0 Å². The van der Waals surface area contributed by atoms with Crippen molar-refractivity contribution < 1.29 is 9.59 Å². The fourth-order valence-corrected chi connectivity index (χ4v) is 10.8. The Kier molecular flexibility index (Phi) is 10.6. The van der Waals surface area contributed by atoms with Gasteiger partial charge in [-0.2, -0.15) is 0 Å². The van der Waals surface area contributed by atoms with Crippen molar-refractivity contribution in [3.63, 3.8) is 0 Å². The van der Waals surface area contributed by atoms with E-state index in [4.69, 9.17) is 0 Å². The summed E-state index contributed by atoms with van der Waals surface area (Å²) >= 11 is 0. The summed E-state index contributed by atoms with van der Waals surface area (Å²) in [6.07, 6.45) is 0. The first-order chi connectivity index (χ1) is 35.9. The lowest BCUT2D eigenvalue weighted by atomic mass is 9.97. The lowest BCUT2D eigenvalue weighted by molar-refractivity contribution is 0.103. The minimum absolute atomic E-state index is 0.00132. The first-order valence-corrected chi connectivity index (χ1v) is 24.5. The summed E-state index contributed by atoms with van der Waals surface area (Å²) < 4.78 is 1.60. The van der Waals surface area contributed by atoms with Gasteiger partial charge < -0.3 is 9.77 Å². The molecule has 5 heteroatoms. The van der Waals surface area contributed by atoms with Gasteiger partial charge in [-0.15, -0.1) is 0 Å². The van der Waals surface area contributed by atoms with Crippen LogP contribution in [0.2, 0.25) is 0 Å². The number of rotatable bonds is 10. The van der Waals surface area contributed by atoms with Crippen molar-refractivity contribution in [3.8, 4) is 61.3 Å². The number of carbonyl (C=O) groups is 2. The molecule has 0 radical (unpaired) electrons. The Morgan fingerprint density at radius 3 is 1.37 bits per heavy atom. The van der Waals surface area contributed by atoms with Gasteiger partial charge in [-0.25, -0.2) is 0 Å². The predicted molar refractivity (Wildman–Crippen MR) is 299 cm³/mol. The van der Waals surface area contributed by atoms with Crippen molar-refractivity contribution in [1.82, 2.24) is 9.21 Å². The molecule has 0 spiro atoms. The molecule has 5 nitrogen and oxygen atoms in total. The second-order valence-electron chi connectivity index (χ2n) is 18.6. The van der Waals surface area contributed by atoms with E-state index < -0.39 is 4.65 Å². The van der Waals surface area contributed by atoms with Crippen LogP contribution >= 0.6 is 0 Å². The highest BCUT2D eigenvalue weighted by Crippen LogP contribution is 2.60. The first kappa shape index (κ1) is 43.5. The van der Waals surface area contributed by atoms with E-state index in [0.717, 1.165) is 83.1 Å². The van der Waals surface area contributed by atoms with Crippen molar-refractivity contribution in [2.45, 2.75) is 0 Å². The van der Waals surface area contributed by atoms with E-state index in [2.05, 4.69) is 120 Å². The van der Waals surface area contributed by atoms with Crippen LogP contribution in [-0.2, 0) is 0 Å². The highest BCUT2D eigenvalue weighted by atomic mass is 16.5. The third kappa shape index (κ3) is 7.42. The normalized spacial score (nSPS) is 13.7. The van der Waals surface area contributed by atoms with Gasteiger partial charge in [0.05, 0.1) is 22.2 Å². The number of hydrogen-bond donors (Lipinski definition) is 0. The van der Waals surface area contributed by atoms with Crippen molar-refractivity contribution in [2.24, 2.45) is 0 Å². The summed E-state index contributed by atoms with van der Waals surface area (Å²) in [6, 6.07) is 88.6. The molecule has 0 amide bonds. The second-order valence-corrected chi connectivity index (χ2v) is 18.6. The van der Waals surface area contributed by atoms with Gasteiger partial charge in [-0.1, -0.05) is 212 Å². The minimum atomic E-state index is -0.720. The van der Waals surface area contributed by atoms with Gasteiger partial charge in [-0.3, -0.25) is 14.2 Å². The number of aromatic nitrogens is 1. The molecule has 0 saturated heterocycles. The van der Waals surface area contributed by atoms with Crippen molar-refractivity contribution in [1.29, 1.82) is 0 Å². The Morgan fingerprint density at radius 1 is 0.342 bits per heavy atom. The Morgan fingerprint density at radius 2 is 0.795 bits per heavy atom. The molecule has 0 N–H and O–H groups in total.